The van der Waals surface area contributed by atoms with Crippen molar-refractivity contribution in [1.29, 1.82) is 0 Å². The van der Waals surface area contributed by atoms with Crippen LogP contribution in [0.25, 0.3) is 4.85 Å². The Morgan fingerprint density at radius 2 is 1.92 bits per heavy atom. The third kappa shape index (κ3) is 3.43. The zero-order valence-corrected chi connectivity index (χ0v) is 14.8. The van der Waals surface area contributed by atoms with E-state index in [4.69, 9.17) is 21.1 Å². The van der Waals surface area contributed by atoms with E-state index < -0.39 is 0 Å². The monoisotopic (exact) mass is 351 g/mol. The molecule has 1 aromatic carbocycles. The molecule has 2 aliphatic carbocycles. The first-order chi connectivity index (χ1) is 12.7. The van der Waals surface area contributed by atoms with E-state index in [1.54, 1.807) is 23.7 Å². The quantitative estimate of drug-likeness (QED) is 0.543. The normalized spacial score (nSPS) is 16.2. The van der Waals surface area contributed by atoms with Gasteiger partial charge in [-0.15, -0.1) is 0 Å². The number of carbonyl (C=O) groups is 1. The number of rotatable bonds is 7. The second-order valence-electron chi connectivity index (χ2n) is 6.82. The van der Waals surface area contributed by atoms with Crippen molar-refractivity contribution in [3.63, 3.8) is 0 Å². The van der Waals surface area contributed by atoms with Gasteiger partial charge in [-0.25, -0.2) is 4.85 Å². The topological polar surface area (TPSA) is 57.7 Å². The molecule has 1 aromatic heterocycles. The second-order valence-corrected chi connectivity index (χ2v) is 6.82. The van der Waals surface area contributed by atoms with E-state index in [1.807, 2.05) is 12.1 Å². The molecule has 6 heteroatoms. The number of benzene rings is 1. The van der Waals surface area contributed by atoms with Gasteiger partial charge in [0, 0.05) is 11.8 Å². The van der Waals surface area contributed by atoms with E-state index in [0.717, 1.165) is 42.8 Å². The average molecular weight is 351 g/mol. The molecule has 0 saturated heterocycles. The van der Waals surface area contributed by atoms with Crippen molar-refractivity contribution in [3.05, 3.63) is 47.1 Å². The summed E-state index contributed by atoms with van der Waals surface area (Å²) >= 11 is 0. The molecule has 2 saturated carbocycles. The number of hydrogen-bond donors (Lipinski definition) is 0. The Balaban J connectivity index is 1.68. The third-order valence-electron chi connectivity index (χ3n) is 4.67. The van der Waals surface area contributed by atoms with Crippen LogP contribution in [-0.2, 0) is 16.1 Å². The van der Waals surface area contributed by atoms with Crippen LogP contribution in [-0.4, -0.2) is 22.4 Å². The molecule has 134 valence electrons. The van der Waals surface area contributed by atoms with Crippen LogP contribution in [0, 0.1) is 6.57 Å². The lowest BCUT2D eigenvalue weighted by Gasteiger charge is -2.10. The molecular weight excluding hydrogens is 330 g/mol. The SMILES string of the molecule is [C-]#[N+]c1ccc(Oc2c(C3CC3)nn(CC(=O)OCC)c2C2CC2)cc1. The summed E-state index contributed by atoms with van der Waals surface area (Å²) in [6.07, 6.45) is 4.39. The van der Waals surface area contributed by atoms with E-state index in [1.165, 1.54) is 0 Å². The van der Waals surface area contributed by atoms with Gasteiger partial charge in [0.15, 0.2) is 11.4 Å². The lowest BCUT2D eigenvalue weighted by molar-refractivity contribution is -0.144. The van der Waals surface area contributed by atoms with Crippen molar-refractivity contribution in [1.82, 2.24) is 9.78 Å². The van der Waals surface area contributed by atoms with Gasteiger partial charge in [-0.1, -0.05) is 12.1 Å². The maximum Gasteiger partial charge on any atom is 0.327 e. The zero-order valence-electron chi connectivity index (χ0n) is 14.8. The summed E-state index contributed by atoms with van der Waals surface area (Å²) in [6, 6.07) is 7.12. The van der Waals surface area contributed by atoms with Gasteiger partial charge in [0.1, 0.15) is 18.0 Å². The molecule has 0 unspecified atom stereocenters. The molecule has 0 N–H and O–H groups in total. The minimum absolute atomic E-state index is 0.124. The molecule has 0 radical (unpaired) electrons. The number of nitrogens with zero attached hydrogens (tertiary/aromatic N) is 3. The Labute approximate surface area is 152 Å². The number of carbonyl (C=O) groups excluding carboxylic acids is 1. The van der Waals surface area contributed by atoms with E-state index in [0.29, 0.717) is 29.9 Å². The number of aromatic nitrogens is 2. The fraction of sp³-hybridized carbons (Fsp3) is 0.450. The van der Waals surface area contributed by atoms with Crippen molar-refractivity contribution in [3.8, 4) is 11.5 Å². The maximum atomic E-state index is 12.0. The molecule has 6 nitrogen and oxygen atoms in total. The molecule has 1 heterocycles. The molecule has 0 atom stereocenters. The van der Waals surface area contributed by atoms with Crippen molar-refractivity contribution in [2.75, 3.05) is 6.61 Å². The molecule has 0 spiro atoms. The lowest BCUT2D eigenvalue weighted by atomic mass is 10.2. The predicted octanol–water partition coefficient (Wildman–Crippen LogP) is 4.54. The Morgan fingerprint density at radius 3 is 2.50 bits per heavy atom. The molecule has 2 aliphatic rings. The van der Waals surface area contributed by atoms with Gasteiger partial charge in [-0.3, -0.25) is 9.48 Å². The largest absolute Gasteiger partial charge is 0.465 e. The van der Waals surface area contributed by atoms with Crippen LogP contribution < -0.4 is 4.74 Å². The highest BCUT2D eigenvalue weighted by atomic mass is 16.5. The van der Waals surface area contributed by atoms with E-state index >= 15 is 0 Å². The van der Waals surface area contributed by atoms with Crippen LogP contribution in [0.2, 0.25) is 0 Å². The molecule has 0 bridgehead atoms. The first-order valence-corrected chi connectivity index (χ1v) is 9.11. The van der Waals surface area contributed by atoms with E-state index in [2.05, 4.69) is 4.85 Å². The van der Waals surface area contributed by atoms with Crippen LogP contribution in [0.15, 0.2) is 24.3 Å². The smallest absolute Gasteiger partial charge is 0.327 e. The van der Waals surface area contributed by atoms with Crippen molar-refractivity contribution in [2.45, 2.75) is 51.0 Å². The van der Waals surface area contributed by atoms with E-state index in [-0.39, 0.29) is 12.5 Å². The summed E-state index contributed by atoms with van der Waals surface area (Å²) < 4.78 is 13.1. The fourth-order valence-corrected chi connectivity index (χ4v) is 3.12. The Morgan fingerprint density at radius 1 is 1.23 bits per heavy atom. The number of hydrogen-bond acceptors (Lipinski definition) is 4. The summed E-state index contributed by atoms with van der Waals surface area (Å²) in [5, 5.41) is 4.73. The fourth-order valence-electron chi connectivity index (χ4n) is 3.12. The Hall–Kier alpha value is -2.81. The van der Waals surface area contributed by atoms with Crippen molar-refractivity contribution < 1.29 is 14.3 Å². The maximum absolute atomic E-state index is 12.0. The Bertz CT molecular complexity index is 856. The van der Waals surface area contributed by atoms with E-state index in [9.17, 15) is 4.79 Å². The van der Waals surface area contributed by atoms with Gasteiger partial charge in [0.25, 0.3) is 0 Å². The zero-order chi connectivity index (χ0) is 18.1. The van der Waals surface area contributed by atoms with Crippen LogP contribution in [0.3, 0.4) is 0 Å². The molecule has 26 heavy (non-hydrogen) atoms. The average Bonchev–Trinajstić information content (AvgIpc) is 3.55. The summed E-state index contributed by atoms with van der Waals surface area (Å²) in [5.74, 6) is 2.02. The number of esters is 1. The minimum atomic E-state index is -0.271. The minimum Gasteiger partial charge on any atom is -0.465 e. The molecule has 0 aliphatic heterocycles. The molecule has 0 amide bonds. The highest BCUT2D eigenvalue weighted by molar-refractivity contribution is 5.69. The highest BCUT2D eigenvalue weighted by Gasteiger charge is 2.39. The lowest BCUT2D eigenvalue weighted by Crippen LogP contribution is -2.16. The summed E-state index contributed by atoms with van der Waals surface area (Å²) in [6.45, 7) is 9.36. The van der Waals surface area contributed by atoms with Crippen LogP contribution in [0.1, 0.15) is 55.8 Å². The summed E-state index contributed by atoms with van der Waals surface area (Å²) in [4.78, 5) is 15.4. The van der Waals surface area contributed by atoms with Crippen molar-refractivity contribution >= 4 is 11.7 Å². The van der Waals surface area contributed by atoms with Crippen molar-refractivity contribution in [2.24, 2.45) is 0 Å². The van der Waals surface area contributed by atoms with Gasteiger partial charge in [-0.05, 0) is 44.7 Å². The van der Waals surface area contributed by atoms with Gasteiger partial charge >= 0.3 is 5.97 Å². The van der Waals surface area contributed by atoms with Gasteiger partial charge in [0.2, 0.25) is 0 Å². The summed E-state index contributed by atoms with van der Waals surface area (Å²) in [5.41, 5.74) is 2.54. The molecule has 2 fully saturated rings. The Kier molecular flexibility index (Phi) is 4.37. The molecule has 4 rings (SSSR count). The van der Waals surface area contributed by atoms with Gasteiger partial charge < -0.3 is 9.47 Å². The molecule has 2 aromatic rings. The van der Waals surface area contributed by atoms with Gasteiger partial charge in [0.05, 0.1) is 18.9 Å². The van der Waals surface area contributed by atoms with Crippen LogP contribution >= 0.6 is 0 Å². The summed E-state index contributed by atoms with van der Waals surface area (Å²) in [7, 11) is 0. The molecular formula is C20H21N3O3. The standard InChI is InChI=1S/C20H21N3O3/c1-3-25-17(24)12-23-19(14-6-7-14)20(18(22-23)13-4-5-13)26-16-10-8-15(21-2)9-11-16/h8-11,13-14H,3-7,12H2,1H3. The first kappa shape index (κ1) is 16.6. The predicted molar refractivity (Wildman–Crippen MR) is 95.6 cm³/mol. The third-order valence-corrected chi connectivity index (χ3v) is 4.67. The highest BCUT2D eigenvalue weighted by Crippen LogP contribution is 2.52. The first-order valence-electron chi connectivity index (χ1n) is 9.11. The second kappa shape index (κ2) is 6.83. The number of ether oxygens (including phenoxy) is 2. The van der Waals surface area contributed by atoms with Gasteiger partial charge in [-0.2, -0.15) is 5.10 Å². The van der Waals surface area contributed by atoms with Crippen LogP contribution in [0.5, 0.6) is 11.5 Å². The van der Waals surface area contributed by atoms with Crippen LogP contribution in [0.4, 0.5) is 5.69 Å².